The van der Waals surface area contributed by atoms with E-state index in [0.29, 0.717) is 0 Å². The van der Waals surface area contributed by atoms with E-state index in [-0.39, 0.29) is 0 Å². The smallest absolute Gasteiger partial charge is 0.147 e. The monoisotopic (exact) mass is 319 g/mol. The lowest BCUT2D eigenvalue weighted by Crippen LogP contribution is -2.25. The van der Waals surface area contributed by atoms with Crippen LogP contribution >= 0.6 is 0 Å². The van der Waals surface area contributed by atoms with Gasteiger partial charge in [0.15, 0.2) is 0 Å². The lowest BCUT2D eigenvalue weighted by molar-refractivity contribution is 0.708. The highest BCUT2D eigenvalue weighted by Gasteiger charge is 2.23. The van der Waals surface area contributed by atoms with Gasteiger partial charge in [-0.25, -0.2) is 4.98 Å². The fourth-order valence-electron chi connectivity index (χ4n) is 3.69. The number of benzene rings is 1. The minimum Gasteiger partial charge on any atom is -0.356 e. The number of anilines is 1. The molecule has 0 amide bonds. The molecule has 3 heteroatoms. The Bertz CT molecular complexity index is 740. The first-order valence-corrected chi connectivity index (χ1v) is 9.06. The molecule has 0 saturated heterocycles. The van der Waals surface area contributed by atoms with Gasteiger partial charge in [0.25, 0.3) is 0 Å². The molecule has 24 heavy (non-hydrogen) atoms. The third-order valence-corrected chi connectivity index (χ3v) is 4.94. The van der Waals surface area contributed by atoms with Crippen LogP contribution < -0.4 is 4.90 Å². The summed E-state index contributed by atoms with van der Waals surface area (Å²) in [5.41, 5.74) is 5.50. The van der Waals surface area contributed by atoms with Crippen molar-refractivity contribution in [3.63, 3.8) is 0 Å². The molecule has 124 valence electrons. The van der Waals surface area contributed by atoms with Gasteiger partial charge >= 0.3 is 0 Å². The lowest BCUT2D eigenvalue weighted by Gasteiger charge is -2.25. The Morgan fingerprint density at radius 1 is 1.04 bits per heavy atom. The molecule has 0 radical (unpaired) electrons. The van der Waals surface area contributed by atoms with Crippen LogP contribution in [0.1, 0.15) is 49.9 Å². The van der Waals surface area contributed by atoms with Crippen molar-refractivity contribution in [3.8, 4) is 17.2 Å². The van der Waals surface area contributed by atoms with Gasteiger partial charge in [-0.05, 0) is 50.7 Å². The number of aryl methyl sites for hydroxylation is 1. The second kappa shape index (κ2) is 7.49. The summed E-state index contributed by atoms with van der Waals surface area (Å²) in [6.45, 7) is 5.98. The minimum atomic E-state index is 0.741. The Morgan fingerprint density at radius 3 is 2.42 bits per heavy atom. The summed E-state index contributed by atoms with van der Waals surface area (Å²) in [6.07, 6.45) is 5.67. The number of pyridine rings is 1. The molecule has 1 aliphatic carbocycles. The molecule has 0 spiro atoms. The molecule has 1 heterocycles. The predicted molar refractivity (Wildman–Crippen MR) is 99.2 cm³/mol. The maximum absolute atomic E-state index is 9.96. The normalized spacial score (nSPS) is 13.7. The summed E-state index contributed by atoms with van der Waals surface area (Å²) in [5, 5.41) is 9.96. The zero-order valence-electron chi connectivity index (χ0n) is 14.7. The molecular weight excluding hydrogens is 294 g/mol. The lowest BCUT2D eigenvalue weighted by atomic mass is 9.91. The molecule has 0 aliphatic heterocycles. The highest BCUT2D eigenvalue weighted by atomic mass is 15.2. The number of aromatic nitrogens is 1. The Balaban J connectivity index is 2.31. The summed E-state index contributed by atoms with van der Waals surface area (Å²) < 4.78 is 0. The number of nitrogens with zero attached hydrogens (tertiary/aromatic N) is 3. The molecule has 3 nitrogen and oxygen atoms in total. The third kappa shape index (κ3) is 3.01. The van der Waals surface area contributed by atoms with Crippen molar-refractivity contribution in [2.45, 2.75) is 46.0 Å². The predicted octanol–water partition coefficient (Wildman–Crippen LogP) is 4.74. The maximum Gasteiger partial charge on any atom is 0.147 e. The third-order valence-electron chi connectivity index (χ3n) is 4.94. The summed E-state index contributed by atoms with van der Waals surface area (Å²) in [4.78, 5) is 7.18. The highest BCUT2D eigenvalue weighted by molar-refractivity contribution is 5.80. The number of hydrogen-bond acceptors (Lipinski definition) is 3. The highest BCUT2D eigenvalue weighted by Crippen LogP contribution is 2.37. The Labute approximate surface area is 145 Å². The molecule has 1 aliphatic rings. The van der Waals surface area contributed by atoms with Crippen molar-refractivity contribution in [2.24, 2.45) is 0 Å². The largest absolute Gasteiger partial charge is 0.356 e. The average Bonchev–Trinajstić information content (AvgIpc) is 2.87. The van der Waals surface area contributed by atoms with Gasteiger partial charge in [0.05, 0.1) is 0 Å². The molecule has 0 unspecified atom stereocenters. The van der Waals surface area contributed by atoms with E-state index in [1.165, 1.54) is 30.5 Å². The van der Waals surface area contributed by atoms with E-state index < -0.39 is 0 Å². The van der Waals surface area contributed by atoms with Crippen LogP contribution in [0.4, 0.5) is 5.82 Å². The second-order valence-electron chi connectivity index (χ2n) is 6.32. The molecule has 0 atom stereocenters. The van der Waals surface area contributed by atoms with Crippen LogP contribution in [-0.2, 0) is 12.8 Å². The average molecular weight is 319 g/mol. The molecule has 1 aromatic heterocycles. The van der Waals surface area contributed by atoms with Gasteiger partial charge in [0.1, 0.15) is 17.5 Å². The summed E-state index contributed by atoms with van der Waals surface area (Å²) in [6, 6.07) is 12.8. The van der Waals surface area contributed by atoms with Crippen molar-refractivity contribution in [2.75, 3.05) is 18.0 Å². The van der Waals surface area contributed by atoms with E-state index in [1.807, 2.05) is 6.07 Å². The summed E-state index contributed by atoms with van der Waals surface area (Å²) in [7, 11) is 0. The molecule has 2 aromatic rings. The SMILES string of the molecule is CCN(CC)c1nc2c(c(-c3ccccc3)c1C#N)CCCCC2. The maximum atomic E-state index is 9.96. The van der Waals surface area contributed by atoms with E-state index in [1.54, 1.807) is 0 Å². The van der Waals surface area contributed by atoms with E-state index >= 15 is 0 Å². The van der Waals surface area contributed by atoms with Crippen LogP contribution in [0.3, 0.4) is 0 Å². The molecule has 1 aromatic carbocycles. The van der Waals surface area contributed by atoms with Gasteiger partial charge in [0, 0.05) is 24.3 Å². The van der Waals surface area contributed by atoms with Gasteiger partial charge in [-0.1, -0.05) is 36.8 Å². The fourth-order valence-corrected chi connectivity index (χ4v) is 3.69. The first kappa shape index (κ1) is 16.5. The molecule has 0 fully saturated rings. The van der Waals surface area contributed by atoms with Crippen LogP contribution in [0.2, 0.25) is 0 Å². The van der Waals surface area contributed by atoms with Crippen molar-refractivity contribution >= 4 is 5.82 Å². The Kier molecular flexibility index (Phi) is 5.15. The van der Waals surface area contributed by atoms with Crippen LogP contribution in [-0.4, -0.2) is 18.1 Å². The first-order valence-electron chi connectivity index (χ1n) is 9.06. The van der Waals surface area contributed by atoms with Crippen LogP contribution in [0.15, 0.2) is 30.3 Å². The van der Waals surface area contributed by atoms with Gasteiger partial charge in [-0.3, -0.25) is 0 Å². The van der Waals surface area contributed by atoms with Crippen LogP contribution in [0, 0.1) is 11.3 Å². The van der Waals surface area contributed by atoms with Crippen molar-refractivity contribution in [1.82, 2.24) is 4.98 Å². The number of hydrogen-bond donors (Lipinski definition) is 0. The molecular formula is C21H25N3. The van der Waals surface area contributed by atoms with Crippen LogP contribution in [0.25, 0.3) is 11.1 Å². The second-order valence-corrected chi connectivity index (χ2v) is 6.32. The Hall–Kier alpha value is -2.34. The van der Waals surface area contributed by atoms with Crippen molar-refractivity contribution in [1.29, 1.82) is 5.26 Å². The molecule has 0 N–H and O–H groups in total. The van der Waals surface area contributed by atoms with Gasteiger partial charge < -0.3 is 4.90 Å². The quantitative estimate of drug-likeness (QED) is 0.764. The number of rotatable bonds is 4. The van der Waals surface area contributed by atoms with Crippen LogP contribution in [0.5, 0.6) is 0 Å². The Morgan fingerprint density at radius 2 is 1.75 bits per heavy atom. The molecule has 0 bridgehead atoms. The zero-order chi connectivity index (χ0) is 16.9. The van der Waals surface area contributed by atoms with E-state index in [2.05, 4.69) is 49.1 Å². The van der Waals surface area contributed by atoms with Gasteiger partial charge in [0.2, 0.25) is 0 Å². The van der Waals surface area contributed by atoms with E-state index in [4.69, 9.17) is 4.98 Å². The minimum absolute atomic E-state index is 0.741. The topological polar surface area (TPSA) is 39.9 Å². The van der Waals surface area contributed by atoms with E-state index in [9.17, 15) is 5.26 Å². The van der Waals surface area contributed by atoms with Crippen molar-refractivity contribution in [3.05, 3.63) is 47.2 Å². The first-order chi connectivity index (χ1) is 11.8. The van der Waals surface area contributed by atoms with E-state index in [0.717, 1.165) is 48.4 Å². The molecule has 3 rings (SSSR count). The van der Waals surface area contributed by atoms with Gasteiger partial charge in [-0.15, -0.1) is 0 Å². The summed E-state index contributed by atoms with van der Waals surface area (Å²) >= 11 is 0. The molecule has 0 saturated carbocycles. The summed E-state index contributed by atoms with van der Waals surface area (Å²) in [5.74, 6) is 0.863. The fraction of sp³-hybridized carbons (Fsp3) is 0.429. The standard InChI is InChI=1S/C21H25N3/c1-3-24(4-2)21-18(15-22)20(16-11-7-5-8-12-16)17-13-9-6-10-14-19(17)23-21/h5,7-8,11-12H,3-4,6,9-10,13-14H2,1-2H3. The van der Waals surface area contributed by atoms with Crippen molar-refractivity contribution < 1.29 is 0 Å². The zero-order valence-corrected chi connectivity index (χ0v) is 14.7. The number of nitriles is 1. The number of fused-ring (bicyclic) bond motifs is 1. The van der Waals surface area contributed by atoms with Gasteiger partial charge in [-0.2, -0.15) is 5.26 Å².